The maximum absolute atomic E-state index is 13.0. The highest BCUT2D eigenvalue weighted by Gasteiger charge is 2.23. The predicted molar refractivity (Wildman–Crippen MR) is 100 cm³/mol. The number of hydrogen-bond acceptors (Lipinski definition) is 4. The first-order valence-electron chi connectivity index (χ1n) is 8.55. The highest BCUT2D eigenvalue weighted by Crippen LogP contribution is 2.30. The number of fused-ring (bicyclic) bond motifs is 1. The molecule has 5 heteroatoms. The second-order valence-electron chi connectivity index (χ2n) is 6.05. The molecule has 134 valence electrons. The number of hydrogen-bond donors (Lipinski definition) is 1. The molecule has 0 saturated carbocycles. The Morgan fingerprint density at radius 1 is 1.19 bits per heavy atom. The lowest BCUT2D eigenvalue weighted by molar-refractivity contribution is 0.0813. The lowest BCUT2D eigenvalue weighted by Crippen LogP contribution is -2.24. The first-order chi connectivity index (χ1) is 12.5. The number of aromatic amines is 1. The van der Waals surface area contributed by atoms with Gasteiger partial charge >= 0.3 is 0 Å². The van der Waals surface area contributed by atoms with Crippen molar-refractivity contribution in [2.45, 2.75) is 26.9 Å². The van der Waals surface area contributed by atoms with Crippen LogP contribution in [0.5, 0.6) is 11.5 Å². The quantitative estimate of drug-likeness (QED) is 0.508. The number of carbonyl (C=O) groups excluding carboxylic acids is 2. The van der Waals surface area contributed by atoms with Gasteiger partial charge in [-0.05, 0) is 45.0 Å². The third-order valence-electron chi connectivity index (χ3n) is 4.22. The number of carbonyl (C=O) groups is 2. The predicted octanol–water partition coefficient (Wildman–Crippen LogP) is 4.34. The van der Waals surface area contributed by atoms with Gasteiger partial charge in [-0.25, -0.2) is 0 Å². The molecule has 5 nitrogen and oxygen atoms in total. The van der Waals surface area contributed by atoms with Crippen molar-refractivity contribution in [3.05, 3.63) is 59.3 Å². The normalized spacial score (nSPS) is 12.0. The second kappa shape index (κ2) is 7.44. The van der Waals surface area contributed by atoms with Gasteiger partial charge in [0.25, 0.3) is 0 Å². The number of Topliss-reactive ketones (excluding diaryl/α,β-unsaturated/α-hetero) is 1. The number of aryl methyl sites for hydroxylation is 1. The molecule has 0 aliphatic rings. The standard InChI is InChI=1S/C21H21NO4/c1-4-25-19-11-15(12-23)9-10-18(19)26-14(3)21(24)20-13(2)22-17-8-6-5-7-16(17)20/h5-12,14,22H,4H2,1-3H3/t14-/m1/s1. The van der Waals surface area contributed by atoms with Gasteiger partial charge in [-0.2, -0.15) is 0 Å². The number of rotatable bonds is 7. The summed E-state index contributed by atoms with van der Waals surface area (Å²) >= 11 is 0. The largest absolute Gasteiger partial charge is 0.490 e. The van der Waals surface area contributed by atoms with Gasteiger partial charge in [0, 0.05) is 27.7 Å². The minimum absolute atomic E-state index is 0.109. The molecule has 1 heterocycles. The minimum atomic E-state index is -0.700. The summed E-state index contributed by atoms with van der Waals surface area (Å²) in [7, 11) is 0. The molecule has 0 aliphatic heterocycles. The van der Waals surface area contributed by atoms with E-state index in [0.29, 0.717) is 29.2 Å². The Bertz CT molecular complexity index is 958. The molecule has 0 radical (unpaired) electrons. The topological polar surface area (TPSA) is 68.4 Å². The molecule has 0 bridgehead atoms. The monoisotopic (exact) mass is 351 g/mol. The lowest BCUT2D eigenvalue weighted by atomic mass is 10.0. The lowest BCUT2D eigenvalue weighted by Gasteiger charge is -2.17. The van der Waals surface area contributed by atoms with Crippen LogP contribution in [0.1, 0.15) is 40.3 Å². The van der Waals surface area contributed by atoms with E-state index in [4.69, 9.17) is 9.47 Å². The fourth-order valence-corrected chi connectivity index (χ4v) is 3.01. The van der Waals surface area contributed by atoms with Crippen LogP contribution < -0.4 is 9.47 Å². The Labute approximate surface area is 151 Å². The summed E-state index contributed by atoms with van der Waals surface area (Å²) < 4.78 is 11.4. The number of ether oxygens (including phenoxy) is 2. The smallest absolute Gasteiger partial charge is 0.205 e. The van der Waals surface area contributed by atoms with Gasteiger partial charge in [-0.3, -0.25) is 9.59 Å². The molecule has 0 aliphatic carbocycles. The Hall–Kier alpha value is -3.08. The Morgan fingerprint density at radius 2 is 1.96 bits per heavy atom. The molecule has 0 amide bonds. The van der Waals surface area contributed by atoms with Crippen LogP contribution in [0.25, 0.3) is 10.9 Å². The summed E-state index contributed by atoms with van der Waals surface area (Å²) in [6, 6.07) is 12.6. The van der Waals surface area contributed by atoms with Crippen molar-refractivity contribution in [3.63, 3.8) is 0 Å². The van der Waals surface area contributed by atoms with E-state index in [1.54, 1.807) is 25.1 Å². The molecule has 1 aromatic heterocycles. The van der Waals surface area contributed by atoms with E-state index in [2.05, 4.69) is 4.98 Å². The fraction of sp³-hybridized carbons (Fsp3) is 0.238. The summed E-state index contributed by atoms with van der Waals surface area (Å²) in [5.74, 6) is 0.782. The number of para-hydroxylation sites is 1. The number of benzene rings is 2. The van der Waals surface area contributed by atoms with Gasteiger partial charge in [0.2, 0.25) is 5.78 Å². The molecule has 2 aromatic carbocycles. The zero-order valence-corrected chi connectivity index (χ0v) is 15.0. The SMILES string of the molecule is CCOc1cc(C=O)ccc1O[C@H](C)C(=O)c1c(C)[nH]c2ccccc12. The minimum Gasteiger partial charge on any atom is -0.490 e. The average molecular weight is 351 g/mol. The Balaban J connectivity index is 1.90. The van der Waals surface area contributed by atoms with Gasteiger partial charge in [-0.1, -0.05) is 18.2 Å². The molecule has 3 aromatic rings. The van der Waals surface area contributed by atoms with Crippen LogP contribution >= 0.6 is 0 Å². The van der Waals surface area contributed by atoms with E-state index in [0.717, 1.165) is 22.9 Å². The average Bonchev–Trinajstić information content (AvgIpc) is 2.98. The van der Waals surface area contributed by atoms with E-state index in [9.17, 15) is 9.59 Å². The molecular formula is C21H21NO4. The summed E-state index contributed by atoms with van der Waals surface area (Å²) in [6.07, 6.45) is 0.0464. The Morgan fingerprint density at radius 3 is 2.69 bits per heavy atom. The van der Waals surface area contributed by atoms with Crippen molar-refractivity contribution in [2.24, 2.45) is 0 Å². The highest BCUT2D eigenvalue weighted by atomic mass is 16.5. The summed E-state index contributed by atoms with van der Waals surface area (Å²) in [4.78, 5) is 27.2. The van der Waals surface area contributed by atoms with Gasteiger partial charge in [-0.15, -0.1) is 0 Å². The summed E-state index contributed by atoms with van der Waals surface area (Å²) in [5, 5.41) is 0.881. The van der Waals surface area contributed by atoms with E-state index < -0.39 is 6.10 Å². The van der Waals surface area contributed by atoms with Crippen molar-refractivity contribution >= 4 is 23.0 Å². The number of aldehydes is 1. The number of aromatic nitrogens is 1. The maximum Gasteiger partial charge on any atom is 0.205 e. The number of nitrogens with one attached hydrogen (secondary N) is 1. The van der Waals surface area contributed by atoms with Crippen molar-refractivity contribution in [3.8, 4) is 11.5 Å². The molecule has 0 unspecified atom stereocenters. The maximum atomic E-state index is 13.0. The van der Waals surface area contributed by atoms with Crippen molar-refractivity contribution in [1.29, 1.82) is 0 Å². The summed E-state index contributed by atoms with van der Waals surface area (Å²) in [5.41, 5.74) is 2.86. The third-order valence-corrected chi connectivity index (χ3v) is 4.22. The van der Waals surface area contributed by atoms with Crippen LogP contribution in [0.2, 0.25) is 0 Å². The molecule has 1 atom stereocenters. The van der Waals surface area contributed by atoms with Crippen molar-refractivity contribution < 1.29 is 19.1 Å². The zero-order valence-electron chi connectivity index (χ0n) is 15.0. The summed E-state index contributed by atoms with van der Waals surface area (Å²) in [6.45, 7) is 5.88. The van der Waals surface area contributed by atoms with Crippen LogP contribution in [0.3, 0.4) is 0 Å². The van der Waals surface area contributed by atoms with E-state index in [1.807, 2.05) is 38.1 Å². The number of ketones is 1. The second-order valence-corrected chi connectivity index (χ2v) is 6.05. The van der Waals surface area contributed by atoms with E-state index in [1.165, 1.54) is 0 Å². The zero-order chi connectivity index (χ0) is 18.7. The molecule has 26 heavy (non-hydrogen) atoms. The van der Waals surface area contributed by atoms with Gasteiger partial charge < -0.3 is 14.5 Å². The molecule has 1 N–H and O–H groups in total. The van der Waals surface area contributed by atoms with Crippen LogP contribution in [0.15, 0.2) is 42.5 Å². The van der Waals surface area contributed by atoms with Crippen LogP contribution in [0, 0.1) is 6.92 Å². The third kappa shape index (κ3) is 3.33. The van der Waals surface area contributed by atoms with Crippen LogP contribution in [0.4, 0.5) is 0 Å². The van der Waals surface area contributed by atoms with Crippen LogP contribution in [-0.2, 0) is 0 Å². The highest BCUT2D eigenvalue weighted by molar-refractivity contribution is 6.11. The van der Waals surface area contributed by atoms with Gasteiger partial charge in [0.05, 0.1) is 6.61 Å². The molecule has 0 fully saturated rings. The van der Waals surface area contributed by atoms with E-state index >= 15 is 0 Å². The fourth-order valence-electron chi connectivity index (χ4n) is 3.01. The molecular weight excluding hydrogens is 330 g/mol. The molecule has 3 rings (SSSR count). The van der Waals surface area contributed by atoms with Gasteiger partial charge in [0.15, 0.2) is 17.6 Å². The van der Waals surface area contributed by atoms with Crippen LogP contribution in [-0.4, -0.2) is 29.8 Å². The van der Waals surface area contributed by atoms with E-state index in [-0.39, 0.29) is 5.78 Å². The van der Waals surface area contributed by atoms with Gasteiger partial charge in [0.1, 0.15) is 6.29 Å². The number of H-pyrrole nitrogens is 1. The Kier molecular flexibility index (Phi) is 5.07. The molecule has 0 spiro atoms. The van der Waals surface area contributed by atoms with Crippen molar-refractivity contribution in [2.75, 3.05) is 6.61 Å². The first kappa shape index (κ1) is 17.7. The first-order valence-corrected chi connectivity index (χ1v) is 8.55. The van der Waals surface area contributed by atoms with Crippen molar-refractivity contribution in [1.82, 2.24) is 4.98 Å². The molecule has 0 saturated heterocycles.